The van der Waals surface area contributed by atoms with Crippen LogP contribution in [0.2, 0.25) is 0 Å². The van der Waals surface area contributed by atoms with E-state index in [0.29, 0.717) is 39.6 Å². The van der Waals surface area contributed by atoms with E-state index in [4.69, 9.17) is 14.2 Å². The van der Waals surface area contributed by atoms with Gasteiger partial charge in [0.25, 0.3) is 0 Å². The maximum absolute atomic E-state index is 12.9. The van der Waals surface area contributed by atoms with Gasteiger partial charge in [0, 0.05) is 11.3 Å². The molecule has 7 heteroatoms. The second-order valence-electron chi connectivity index (χ2n) is 6.39. The van der Waals surface area contributed by atoms with Crippen molar-refractivity contribution in [2.24, 2.45) is 0 Å². The van der Waals surface area contributed by atoms with E-state index < -0.39 is 12.1 Å². The maximum atomic E-state index is 12.9. The van der Waals surface area contributed by atoms with Gasteiger partial charge in [-0.05, 0) is 58.4 Å². The number of carbonyl (C=O) groups excluding carboxylic acids is 3. The molecule has 0 radical (unpaired) electrons. The highest BCUT2D eigenvalue weighted by atomic mass is 16.5. The molecule has 0 aliphatic heterocycles. The van der Waals surface area contributed by atoms with E-state index >= 15 is 0 Å². The number of hydrogen-bond donors (Lipinski definition) is 1. The number of ketones is 2. The molecule has 2 aromatic rings. The summed E-state index contributed by atoms with van der Waals surface area (Å²) >= 11 is 0. The molecule has 0 bridgehead atoms. The predicted octanol–water partition coefficient (Wildman–Crippen LogP) is 3.67. The van der Waals surface area contributed by atoms with Crippen LogP contribution in [0.4, 0.5) is 0 Å². The number of hydrogen-bond acceptors (Lipinski definition) is 6. The Hall–Kier alpha value is -3.09. The first-order chi connectivity index (χ1) is 13.2. The molecule has 0 saturated heterocycles. The molecule has 1 atom stereocenters. The summed E-state index contributed by atoms with van der Waals surface area (Å²) in [6.07, 6.45) is -0.844. The summed E-state index contributed by atoms with van der Waals surface area (Å²) in [5.41, 5.74) is 2.23. The van der Waals surface area contributed by atoms with Crippen molar-refractivity contribution in [3.05, 3.63) is 46.3 Å². The molecule has 1 N–H and O–H groups in total. The van der Waals surface area contributed by atoms with Crippen LogP contribution in [0.15, 0.2) is 18.2 Å². The van der Waals surface area contributed by atoms with Gasteiger partial charge in [-0.25, -0.2) is 4.79 Å². The molecule has 1 aromatic carbocycles. The normalized spacial score (nSPS) is 11.6. The molecule has 0 aliphatic carbocycles. The third-order valence-corrected chi connectivity index (χ3v) is 4.41. The minimum Gasteiger partial charge on any atom is -0.493 e. The molecule has 0 fully saturated rings. The Morgan fingerprint density at radius 2 is 1.82 bits per heavy atom. The van der Waals surface area contributed by atoms with Gasteiger partial charge in [-0.15, -0.1) is 0 Å². The summed E-state index contributed by atoms with van der Waals surface area (Å²) in [6, 6.07) is 4.77. The number of aryl methyl sites for hydroxylation is 1. The summed E-state index contributed by atoms with van der Waals surface area (Å²) in [4.78, 5) is 39.5. The van der Waals surface area contributed by atoms with E-state index in [2.05, 4.69) is 4.98 Å². The molecule has 0 saturated carbocycles. The van der Waals surface area contributed by atoms with Crippen LogP contribution >= 0.6 is 0 Å². The Kier molecular flexibility index (Phi) is 6.62. The van der Waals surface area contributed by atoms with Crippen LogP contribution in [0, 0.1) is 13.8 Å². The van der Waals surface area contributed by atoms with Gasteiger partial charge in [0.2, 0.25) is 5.78 Å². The van der Waals surface area contributed by atoms with Crippen LogP contribution in [-0.4, -0.2) is 42.3 Å². The number of H-pyrrole nitrogens is 1. The lowest BCUT2D eigenvalue weighted by molar-refractivity contribution is 0.0524. The minimum absolute atomic E-state index is 0.0991. The van der Waals surface area contributed by atoms with E-state index in [0.717, 1.165) is 0 Å². The van der Waals surface area contributed by atoms with Gasteiger partial charge in [0.15, 0.2) is 23.4 Å². The third-order valence-electron chi connectivity index (χ3n) is 4.41. The zero-order chi connectivity index (χ0) is 21.0. The molecule has 7 nitrogen and oxygen atoms in total. The SMILES string of the molecule is CCOC(=O)c1c(C)[nH]c(C(=O)[C@H](C)Oc2ccc(C(C)=O)cc2OC)c1C. The van der Waals surface area contributed by atoms with E-state index in [1.54, 1.807) is 45.9 Å². The van der Waals surface area contributed by atoms with Crippen LogP contribution in [0.5, 0.6) is 11.5 Å². The summed E-state index contributed by atoms with van der Waals surface area (Å²) in [7, 11) is 1.46. The fourth-order valence-electron chi connectivity index (χ4n) is 2.94. The summed E-state index contributed by atoms with van der Waals surface area (Å²) in [5.74, 6) is -0.173. The monoisotopic (exact) mass is 387 g/mol. The largest absolute Gasteiger partial charge is 0.493 e. The van der Waals surface area contributed by atoms with Crippen LogP contribution in [0.1, 0.15) is 63.2 Å². The number of methoxy groups -OCH3 is 1. The van der Waals surface area contributed by atoms with Crippen LogP contribution in [0.25, 0.3) is 0 Å². The Morgan fingerprint density at radius 1 is 1.14 bits per heavy atom. The first-order valence-electron chi connectivity index (χ1n) is 8.97. The topological polar surface area (TPSA) is 94.7 Å². The van der Waals surface area contributed by atoms with Crippen molar-refractivity contribution in [3.8, 4) is 11.5 Å². The van der Waals surface area contributed by atoms with Gasteiger partial charge in [-0.3, -0.25) is 9.59 Å². The highest BCUT2D eigenvalue weighted by Crippen LogP contribution is 2.30. The van der Waals surface area contributed by atoms with Crippen LogP contribution < -0.4 is 9.47 Å². The average molecular weight is 387 g/mol. The zero-order valence-electron chi connectivity index (χ0n) is 17.0. The van der Waals surface area contributed by atoms with E-state index in [1.807, 2.05) is 0 Å². The Labute approximate surface area is 164 Å². The molecule has 1 heterocycles. The molecule has 0 unspecified atom stereocenters. The fourth-order valence-corrected chi connectivity index (χ4v) is 2.94. The summed E-state index contributed by atoms with van der Waals surface area (Å²) < 4.78 is 16.1. The van der Waals surface area contributed by atoms with Crippen LogP contribution in [-0.2, 0) is 4.74 Å². The second-order valence-corrected chi connectivity index (χ2v) is 6.39. The van der Waals surface area contributed by atoms with Gasteiger partial charge in [0.05, 0.1) is 25.0 Å². The van der Waals surface area contributed by atoms with Gasteiger partial charge in [-0.1, -0.05) is 0 Å². The summed E-state index contributed by atoms with van der Waals surface area (Å²) in [6.45, 7) is 8.45. The van der Waals surface area contributed by atoms with Gasteiger partial charge >= 0.3 is 5.97 Å². The maximum Gasteiger partial charge on any atom is 0.340 e. The van der Waals surface area contributed by atoms with Crippen molar-refractivity contribution in [2.75, 3.05) is 13.7 Å². The number of nitrogens with one attached hydrogen (secondary N) is 1. The molecular formula is C21H25NO6. The molecule has 1 aromatic heterocycles. The Balaban J connectivity index is 2.28. The van der Waals surface area contributed by atoms with Crippen LogP contribution in [0.3, 0.4) is 0 Å². The highest BCUT2D eigenvalue weighted by Gasteiger charge is 2.27. The number of rotatable bonds is 8. The standard InChI is InChI=1S/C21H25NO6/c1-7-27-21(25)18-11(2)19(22-12(18)3)20(24)14(5)28-16-9-8-15(13(4)23)10-17(16)26-6/h8-10,14,22H,7H2,1-6H3/t14-/m0/s1. The first kappa shape index (κ1) is 21.2. The number of aromatic amines is 1. The lowest BCUT2D eigenvalue weighted by Gasteiger charge is -2.16. The van der Waals surface area contributed by atoms with Gasteiger partial charge in [-0.2, -0.15) is 0 Å². The average Bonchev–Trinajstić information content (AvgIpc) is 2.95. The molecule has 28 heavy (non-hydrogen) atoms. The van der Waals surface area contributed by atoms with Crippen molar-refractivity contribution in [2.45, 2.75) is 40.7 Å². The second kappa shape index (κ2) is 8.73. The van der Waals surface area contributed by atoms with Crippen molar-refractivity contribution < 1.29 is 28.6 Å². The molecule has 0 spiro atoms. The van der Waals surface area contributed by atoms with Gasteiger partial charge in [0.1, 0.15) is 0 Å². The quantitative estimate of drug-likeness (QED) is 0.549. The number of ether oxygens (including phenoxy) is 3. The lowest BCUT2D eigenvalue weighted by Crippen LogP contribution is -2.25. The Bertz CT molecular complexity index is 912. The fraction of sp³-hybridized carbons (Fsp3) is 0.381. The number of esters is 1. The number of benzene rings is 1. The lowest BCUT2D eigenvalue weighted by atomic mass is 10.1. The Morgan fingerprint density at radius 3 is 2.39 bits per heavy atom. The van der Waals surface area contributed by atoms with Gasteiger partial charge < -0.3 is 19.2 Å². The minimum atomic E-state index is -0.844. The molecule has 150 valence electrons. The predicted molar refractivity (Wildman–Crippen MR) is 104 cm³/mol. The van der Waals surface area contributed by atoms with Crippen molar-refractivity contribution in [1.82, 2.24) is 4.98 Å². The zero-order valence-corrected chi connectivity index (χ0v) is 17.0. The molecule has 2 rings (SSSR count). The highest BCUT2D eigenvalue weighted by molar-refractivity contribution is 6.03. The van der Waals surface area contributed by atoms with E-state index in [9.17, 15) is 14.4 Å². The smallest absolute Gasteiger partial charge is 0.340 e. The number of Topliss-reactive ketones (excluding diaryl/α,β-unsaturated/α-hetero) is 2. The van der Waals surface area contributed by atoms with Crippen molar-refractivity contribution >= 4 is 17.5 Å². The number of aromatic nitrogens is 1. The third kappa shape index (κ3) is 4.24. The molecule has 0 amide bonds. The van der Waals surface area contributed by atoms with E-state index in [-0.39, 0.29) is 18.2 Å². The summed E-state index contributed by atoms with van der Waals surface area (Å²) in [5, 5.41) is 0. The molecular weight excluding hydrogens is 362 g/mol. The molecule has 0 aliphatic rings. The van der Waals surface area contributed by atoms with Crippen molar-refractivity contribution in [3.63, 3.8) is 0 Å². The first-order valence-corrected chi connectivity index (χ1v) is 8.97. The van der Waals surface area contributed by atoms with Crippen molar-refractivity contribution in [1.29, 1.82) is 0 Å². The number of carbonyl (C=O) groups is 3. The van der Waals surface area contributed by atoms with E-state index in [1.165, 1.54) is 14.0 Å².